The van der Waals surface area contributed by atoms with Crippen molar-refractivity contribution in [1.82, 2.24) is 5.43 Å². The summed E-state index contributed by atoms with van der Waals surface area (Å²) in [6.07, 6.45) is 2.34. The third-order valence-corrected chi connectivity index (χ3v) is 2.97. The Hall–Kier alpha value is -0.0300. The van der Waals surface area contributed by atoms with Gasteiger partial charge in [-0.1, -0.05) is 11.6 Å². The van der Waals surface area contributed by atoms with Gasteiger partial charge in [-0.2, -0.15) is 11.8 Å². The van der Waals surface area contributed by atoms with Crippen molar-refractivity contribution in [2.75, 3.05) is 18.1 Å². The van der Waals surface area contributed by atoms with Crippen LogP contribution in [0.15, 0.2) is 11.6 Å². The fourth-order valence-electron chi connectivity index (χ4n) is 1.34. The van der Waals surface area contributed by atoms with Crippen molar-refractivity contribution in [3.05, 3.63) is 11.6 Å². The number of hydrogen-bond acceptors (Lipinski definition) is 4. The lowest BCUT2D eigenvalue weighted by Crippen LogP contribution is -2.46. The Morgan fingerprint density at radius 1 is 1.69 bits per heavy atom. The molecule has 2 unspecified atom stereocenters. The van der Waals surface area contributed by atoms with Crippen LogP contribution in [-0.2, 0) is 4.74 Å². The monoisotopic (exact) mass is 202 g/mol. The van der Waals surface area contributed by atoms with Gasteiger partial charge in [0.25, 0.3) is 0 Å². The SMILES string of the molecule is CC(C)=CC(NN)C1CSCCO1. The van der Waals surface area contributed by atoms with Gasteiger partial charge in [-0.3, -0.25) is 11.3 Å². The Balaban J connectivity index is 2.49. The summed E-state index contributed by atoms with van der Waals surface area (Å²) in [5.74, 6) is 7.59. The van der Waals surface area contributed by atoms with Crippen molar-refractivity contribution in [3.63, 3.8) is 0 Å². The molecule has 0 radical (unpaired) electrons. The summed E-state index contributed by atoms with van der Waals surface area (Å²) in [6.45, 7) is 4.98. The molecule has 0 aliphatic carbocycles. The van der Waals surface area contributed by atoms with E-state index in [1.54, 1.807) is 0 Å². The molecule has 1 rings (SSSR count). The maximum atomic E-state index is 5.62. The number of hydrogen-bond donors (Lipinski definition) is 2. The molecule has 0 aromatic carbocycles. The van der Waals surface area contributed by atoms with E-state index < -0.39 is 0 Å². The van der Waals surface area contributed by atoms with Gasteiger partial charge in [0.1, 0.15) is 0 Å². The fraction of sp³-hybridized carbons (Fsp3) is 0.778. The highest BCUT2D eigenvalue weighted by atomic mass is 32.2. The van der Waals surface area contributed by atoms with Crippen molar-refractivity contribution in [2.24, 2.45) is 5.84 Å². The predicted molar refractivity (Wildman–Crippen MR) is 57.6 cm³/mol. The number of ether oxygens (including phenoxy) is 1. The van der Waals surface area contributed by atoms with Gasteiger partial charge in [0.05, 0.1) is 18.8 Å². The highest BCUT2D eigenvalue weighted by Gasteiger charge is 2.21. The molecule has 13 heavy (non-hydrogen) atoms. The zero-order valence-electron chi connectivity index (χ0n) is 8.25. The van der Waals surface area contributed by atoms with E-state index in [0.717, 1.165) is 18.1 Å². The Bertz CT molecular complexity index is 174. The molecule has 0 aromatic rings. The number of thioether (sulfide) groups is 1. The lowest BCUT2D eigenvalue weighted by Gasteiger charge is -2.28. The first-order chi connectivity index (χ1) is 6.24. The fourth-order valence-corrected chi connectivity index (χ4v) is 2.25. The molecule has 1 fully saturated rings. The minimum atomic E-state index is 0.151. The number of hydrazine groups is 1. The van der Waals surface area contributed by atoms with Crippen molar-refractivity contribution in [2.45, 2.75) is 26.0 Å². The van der Waals surface area contributed by atoms with Crippen LogP contribution in [0.25, 0.3) is 0 Å². The van der Waals surface area contributed by atoms with Crippen molar-refractivity contribution >= 4 is 11.8 Å². The van der Waals surface area contributed by atoms with Gasteiger partial charge in [0, 0.05) is 11.5 Å². The molecule has 1 aliphatic rings. The smallest absolute Gasteiger partial charge is 0.0867 e. The van der Waals surface area contributed by atoms with E-state index >= 15 is 0 Å². The number of nitrogens with one attached hydrogen (secondary N) is 1. The first-order valence-corrected chi connectivity index (χ1v) is 5.70. The van der Waals surface area contributed by atoms with Crippen molar-refractivity contribution in [1.29, 1.82) is 0 Å². The second-order valence-corrected chi connectivity index (χ2v) is 4.57. The molecule has 2 atom stereocenters. The molecule has 0 bridgehead atoms. The second kappa shape index (κ2) is 5.65. The number of rotatable bonds is 3. The zero-order chi connectivity index (χ0) is 9.68. The van der Waals surface area contributed by atoms with Gasteiger partial charge in [0.2, 0.25) is 0 Å². The van der Waals surface area contributed by atoms with Gasteiger partial charge < -0.3 is 4.74 Å². The Labute approximate surface area is 84.1 Å². The molecule has 0 aromatic heterocycles. The molecule has 4 heteroatoms. The molecule has 1 aliphatic heterocycles. The summed E-state index contributed by atoms with van der Waals surface area (Å²) in [7, 11) is 0. The average Bonchev–Trinajstić information content (AvgIpc) is 2.15. The molecular weight excluding hydrogens is 184 g/mol. The summed E-state index contributed by atoms with van der Waals surface area (Å²) in [5.41, 5.74) is 4.05. The molecule has 0 spiro atoms. The van der Waals surface area contributed by atoms with Crippen LogP contribution < -0.4 is 11.3 Å². The standard InChI is InChI=1S/C9H18N2OS/c1-7(2)5-8(11-10)9-6-13-4-3-12-9/h5,8-9,11H,3-4,6,10H2,1-2H3. The molecule has 0 saturated carbocycles. The maximum Gasteiger partial charge on any atom is 0.0867 e. The van der Waals surface area contributed by atoms with Gasteiger partial charge in [-0.25, -0.2) is 0 Å². The van der Waals surface area contributed by atoms with Crippen LogP contribution in [0, 0.1) is 0 Å². The van der Waals surface area contributed by atoms with Crippen LogP contribution in [0.3, 0.4) is 0 Å². The second-order valence-electron chi connectivity index (χ2n) is 3.42. The van der Waals surface area contributed by atoms with Crippen LogP contribution in [0.1, 0.15) is 13.8 Å². The first kappa shape index (κ1) is 11.0. The van der Waals surface area contributed by atoms with Crippen LogP contribution >= 0.6 is 11.8 Å². The topological polar surface area (TPSA) is 47.3 Å². The predicted octanol–water partition coefficient (Wildman–Crippen LogP) is 0.917. The summed E-state index contributed by atoms with van der Waals surface area (Å²) < 4.78 is 5.62. The van der Waals surface area contributed by atoms with E-state index in [1.807, 2.05) is 11.8 Å². The summed E-state index contributed by atoms with van der Waals surface area (Å²) in [6, 6.07) is 0.151. The first-order valence-electron chi connectivity index (χ1n) is 4.54. The van der Waals surface area contributed by atoms with Gasteiger partial charge in [0.15, 0.2) is 0 Å². The minimum absolute atomic E-state index is 0.151. The summed E-state index contributed by atoms with van der Waals surface area (Å²) >= 11 is 1.92. The number of allylic oxidation sites excluding steroid dienone is 1. The highest BCUT2D eigenvalue weighted by molar-refractivity contribution is 7.99. The van der Waals surface area contributed by atoms with E-state index in [9.17, 15) is 0 Å². The molecule has 3 N–H and O–H groups in total. The molecular formula is C9H18N2OS. The van der Waals surface area contributed by atoms with E-state index in [0.29, 0.717) is 0 Å². The Morgan fingerprint density at radius 3 is 2.92 bits per heavy atom. The molecule has 1 saturated heterocycles. The van der Waals surface area contributed by atoms with Crippen molar-refractivity contribution < 1.29 is 4.74 Å². The third-order valence-electron chi connectivity index (χ3n) is 1.95. The van der Waals surface area contributed by atoms with Crippen LogP contribution in [0.4, 0.5) is 0 Å². The lowest BCUT2D eigenvalue weighted by molar-refractivity contribution is 0.0586. The molecule has 1 heterocycles. The molecule has 0 amide bonds. The quantitative estimate of drug-likeness (QED) is 0.406. The Morgan fingerprint density at radius 2 is 2.46 bits per heavy atom. The molecule has 3 nitrogen and oxygen atoms in total. The van der Waals surface area contributed by atoms with Gasteiger partial charge in [-0.15, -0.1) is 0 Å². The maximum absolute atomic E-state index is 5.62. The normalized spacial score (nSPS) is 25.3. The zero-order valence-corrected chi connectivity index (χ0v) is 9.06. The van der Waals surface area contributed by atoms with E-state index in [4.69, 9.17) is 10.6 Å². The number of nitrogens with two attached hydrogens (primary N) is 1. The lowest BCUT2D eigenvalue weighted by atomic mass is 10.1. The highest BCUT2D eigenvalue weighted by Crippen LogP contribution is 2.16. The van der Waals surface area contributed by atoms with E-state index in [2.05, 4.69) is 25.3 Å². The van der Waals surface area contributed by atoms with E-state index in [1.165, 1.54) is 5.57 Å². The van der Waals surface area contributed by atoms with E-state index in [-0.39, 0.29) is 12.1 Å². The Kier molecular flexibility index (Phi) is 4.80. The third kappa shape index (κ3) is 3.68. The molecule has 76 valence electrons. The summed E-state index contributed by atoms with van der Waals surface area (Å²) in [5, 5.41) is 0. The van der Waals surface area contributed by atoms with Crippen LogP contribution in [-0.4, -0.2) is 30.3 Å². The van der Waals surface area contributed by atoms with Crippen molar-refractivity contribution in [3.8, 4) is 0 Å². The largest absolute Gasteiger partial charge is 0.374 e. The van der Waals surface area contributed by atoms with Gasteiger partial charge >= 0.3 is 0 Å². The summed E-state index contributed by atoms with van der Waals surface area (Å²) in [4.78, 5) is 0. The van der Waals surface area contributed by atoms with Gasteiger partial charge in [-0.05, 0) is 13.8 Å². The van der Waals surface area contributed by atoms with Crippen LogP contribution in [0.5, 0.6) is 0 Å². The minimum Gasteiger partial charge on any atom is -0.374 e. The average molecular weight is 202 g/mol. The van der Waals surface area contributed by atoms with Crippen LogP contribution in [0.2, 0.25) is 0 Å².